The normalized spacial score (nSPS) is 14.4. The first kappa shape index (κ1) is 17.4. The van der Waals surface area contributed by atoms with Crippen LogP contribution in [-0.4, -0.2) is 31.1 Å². The van der Waals surface area contributed by atoms with Crippen molar-refractivity contribution in [3.8, 4) is 11.5 Å². The second-order valence-electron chi connectivity index (χ2n) is 6.70. The Balaban J connectivity index is 1.64. The van der Waals surface area contributed by atoms with Crippen molar-refractivity contribution >= 4 is 6.09 Å². The molecule has 23 heavy (non-hydrogen) atoms. The first-order valence-corrected chi connectivity index (χ1v) is 7.92. The topological polar surface area (TPSA) is 68.8 Å². The summed E-state index contributed by atoms with van der Waals surface area (Å²) < 4.78 is 15.9. The summed E-state index contributed by atoms with van der Waals surface area (Å²) in [6, 6.07) is 5.97. The predicted molar refractivity (Wildman–Crippen MR) is 87.7 cm³/mol. The van der Waals surface area contributed by atoms with E-state index in [1.54, 1.807) is 0 Å². The molecular weight excluding hydrogens is 296 g/mol. The number of hydrogen-bond donors (Lipinski definition) is 2. The van der Waals surface area contributed by atoms with Crippen LogP contribution in [-0.2, 0) is 11.3 Å². The summed E-state index contributed by atoms with van der Waals surface area (Å²) in [5.74, 6) is 1.59. The van der Waals surface area contributed by atoms with E-state index in [2.05, 4.69) is 10.6 Å². The number of benzene rings is 1. The minimum absolute atomic E-state index is 0.0501. The van der Waals surface area contributed by atoms with Crippen LogP contribution in [0.15, 0.2) is 18.2 Å². The lowest BCUT2D eigenvalue weighted by molar-refractivity contribution is 0.0506. The van der Waals surface area contributed by atoms with E-state index < -0.39 is 5.60 Å². The standard InChI is InChI=1S/C17H26N2O4/c1-12(19-16(20)23-17(2,3)4)7-8-18-10-13-5-6-14-15(9-13)22-11-21-14/h5-6,9,12,18H,7-8,10-11H2,1-4H3,(H,19,20). The van der Waals surface area contributed by atoms with Crippen LogP contribution in [0.2, 0.25) is 0 Å². The largest absolute Gasteiger partial charge is 0.454 e. The highest BCUT2D eigenvalue weighted by Gasteiger charge is 2.17. The zero-order chi connectivity index (χ0) is 16.9. The van der Waals surface area contributed by atoms with E-state index in [-0.39, 0.29) is 12.1 Å². The molecule has 2 N–H and O–H groups in total. The van der Waals surface area contributed by atoms with Gasteiger partial charge in [0.25, 0.3) is 0 Å². The molecule has 2 rings (SSSR count). The first-order valence-electron chi connectivity index (χ1n) is 7.92. The van der Waals surface area contributed by atoms with Gasteiger partial charge in [-0.2, -0.15) is 0 Å². The maximum absolute atomic E-state index is 11.7. The van der Waals surface area contributed by atoms with Gasteiger partial charge < -0.3 is 24.8 Å². The third-order valence-electron chi connectivity index (χ3n) is 3.28. The Morgan fingerprint density at radius 3 is 2.78 bits per heavy atom. The number of carbonyl (C=O) groups excluding carboxylic acids is 1. The van der Waals surface area contributed by atoms with E-state index in [1.807, 2.05) is 45.9 Å². The fourth-order valence-electron chi connectivity index (χ4n) is 2.18. The van der Waals surface area contributed by atoms with Crippen molar-refractivity contribution in [3.05, 3.63) is 23.8 Å². The van der Waals surface area contributed by atoms with Crippen molar-refractivity contribution in [3.63, 3.8) is 0 Å². The van der Waals surface area contributed by atoms with Crippen LogP contribution in [0.4, 0.5) is 4.79 Å². The third-order valence-corrected chi connectivity index (χ3v) is 3.28. The van der Waals surface area contributed by atoms with Crippen molar-refractivity contribution in [1.29, 1.82) is 0 Å². The summed E-state index contributed by atoms with van der Waals surface area (Å²) in [7, 11) is 0. The van der Waals surface area contributed by atoms with Gasteiger partial charge in [0, 0.05) is 12.6 Å². The van der Waals surface area contributed by atoms with Gasteiger partial charge >= 0.3 is 6.09 Å². The maximum Gasteiger partial charge on any atom is 0.407 e. The minimum Gasteiger partial charge on any atom is -0.454 e. The Hall–Kier alpha value is -1.95. The molecule has 1 atom stereocenters. The molecule has 1 heterocycles. The van der Waals surface area contributed by atoms with E-state index in [1.165, 1.54) is 0 Å². The summed E-state index contributed by atoms with van der Waals surface area (Å²) in [6.45, 7) is 9.35. The molecule has 6 nitrogen and oxygen atoms in total. The fourth-order valence-corrected chi connectivity index (χ4v) is 2.18. The molecule has 1 aliphatic heterocycles. The highest BCUT2D eigenvalue weighted by atomic mass is 16.7. The molecule has 0 saturated heterocycles. The lowest BCUT2D eigenvalue weighted by Crippen LogP contribution is -2.38. The lowest BCUT2D eigenvalue weighted by Gasteiger charge is -2.22. The van der Waals surface area contributed by atoms with Crippen molar-refractivity contribution in [2.75, 3.05) is 13.3 Å². The number of alkyl carbamates (subject to hydrolysis) is 1. The van der Waals surface area contributed by atoms with E-state index in [4.69, 9.17) is 14.2 Å². The zero-order valence-corrected chi connectivity index (χ0v) is 14.3. The van der Waals surface area contributed by atoms with E-state index in [9.17, 15) is 4.79 Å². The Morgan fingerprint density at radius 2 is 2.04 bits per heavy atom. The van der Waals surface area contributed by atoms with Crippen molar-refractivity contribution in [2.45, 2.75) is 52.3 Å². The smallest absolute Gasteiger partial charge is 0.407 e. The van der Waals surface area contributed by atoms with Gasteiger partial charge in [0.1, 0.15) is 5.60 Å². The number of ether oxygens (including phenoxy) is 3. The van der Waals surface area contributed by atoms with Gasteiger partial charge in [-0.1, -0.05) is 6.07 Å². The second kappa shape index (κ2) is 7.55. The van der Waals surface area contributed by atoms with Gasteiger partial charge in [-0.3, -0.25) is 0 Å². The first-order chi connectivity index (χ1) is 10.8. The van der Waals surface area contributed by atoms with Crippen LogP contribution in [0.3, 0.4) is 0 Å². The molecule has 6 heteroatoms. The van der Waals surface area contributed by atoms with Crippen molar-refractivity contribution in [2.24, 2.45) is 0 Å². The molecular formula is C17H26N2O4. The fraction of sp³-hybridized carbons (Fsp3) is 0.588. The number of nitrogens with one attached hydrogen (secondary N) is 2. The number of hydrogen-bond acceptors (Lipinski definition) is 5. The Kier molecular flexibility index (Phi) is 5.71. The van der Waals surface area contributed by atoms with E-state index >= 15 is 0 Å². The van der Waals surface area contributed by atoms with Crippen LogP contribution in [0, 0.1) is 0 Å². The van der Waals surface area contributed by atoms with E-state index in [0.29, 0.717) is 6.79 Å². The molecule has 0 radical (unpaired) electrons. The SMILES string of the molecule is CC(CCNCc1ccc2c(c1)OCO2)NC(=O)OC(C)(C)C. The maximum atomic E-state index is 11.7. The molecule has 1 unspecified atom stereocenters. The lowest BCUT2D eigenvalue weighted by atomic mass is 10.2. The number of rotatable bonds is 6. The van der Waals surface area contributed by atoms with Crippen LogP contribution in [0.25, 0.3) is 0 Å². The molecule has 0 aromatic heterocycles. The number of fused-ring (bicyclic) bond motifs is 1. The van der Waals surface area contributed by atoms with Crippen molar-refractivity contribution < 1.29 is 19.0 Å². The molecule has 1 aromatic rings. The number of amides is 1. The summed E-state index contributed by atoms with van der Waals surface area (Å²) >= 11 is 0. The van der Waals surface area contributed by atoms with Gasteiger partial charge in [-0.15, -0.1) is 0 Å². The van der Waals surface area contributed by atoms with Crippen LogP contribution in [0.1, 0.15) is 39.7 Å². The Bertz CT molecular complexity index is 540. The molecule has 1 aromatic carbocycles. The molecule has 128 valence electrons. The molecule has 1 amide bonds. The third kappa shape index (κ3) is 5.98. The molecule has 0 spiro atoms. The number of carbonyl (C=O) groups is 1. The van der Waals surface area contributed by atoms with Crippen LogP contribution >= 0.6 is 0 Å². The summed E-state index contributed by atoms with van der Waals surface area (Å²) in [5.41, 5.74) is 0.670. The highest BCUT2D eigenvalue weighted by molar-refractivity contribution is 5.68. The second-order valence-corrected chi connectivity index (χ2v) is 6.70. The molecule has 0 fully saturated rings. The molecule has 1 aliphatic rings. The predicted octanol–water partition coefficient (Wildman–Crippen LogP) is 2.81. The van der Waals surface area contributed by atoms with Gasteiger partial charge in [0.05, 0.1) is 0 Å². The minimum atomic E-state index is -0.471. The van der Waals surface area contributed by atoms with E-state index in [0.717, 1.165) is 36.6 Å². The quantitative estimate of drug-likeness (QED) is 0.788. The Labute approximate surface area is 137 Å². The van der Waals surface area contributed by atoms with Gasteiger partial charge in [0.2, 0.25) is 6.79 Å². The van der Waals surface area contributed by atoms with Crippen molar-refractivity contribution in [1.82, 2.24) is 10.6 Å². The molecule has 0 saturated carbocycles. The summed E-state index contributed by atoms with van der Waals surface area (Å²) in [6.07, 6.45) is 0.449. The van der Waals surface area contributed by atoms with Gasteiger partial charge in [-0.25, -0.2) is 4.79 Å². The monoisotopic (exact) mass is 322 g/mol. The summed E-state index contributed by atoms with van der Waals surface area (Å²) in [5, 5.41) is 6.19. The van der Waals surface area contributed by atoms with Crippen LogP contribution in [0.5, 0.6) is 11.5 Å². The van der Waals surface area contributed by atoms with Gasteiger partial charge in [-0.05, 0) is 58.4 Å². The average Bonchev–Trinajstić information content (AvgIpc) is 2.88. The summed E-state index contributed by atoms with van der Waals surface area (Å²) in [4.78, 5) is 11.7. The average molecular weight is 322 g/mol. The highest BCUT2D eigenvalue weighted by Crippen LogP contribution is 2.32. The zero-order valence-electron chi connectivity index (χ0n) is 14.3. The Morgan fingerprint density at radius 1 is 1.30 bits per heavy atom. The van der Waals surface area contributed by atoms with Crippen LogP contribution < -0.4 is 20.1 Å². The van der Waals surface area contributed by atoms with Gasteiger partial charge in [0.15, 0.2) is 11.5 Å². The molecule has 0 aliphatic carbocycles. The molecule has 0 bridgehead atoms.